The fourth-order valence-electron chi connectivity index (χ4n) is 3.72. The van der Waals surface area contributed by atoms with Crippen LogP contribution in [-0.4, -0.2) is 33.1 Å². The highest BCUT2D eigenvalue weighted by atomic mass is 32.1. The number of nitrogens with zero attached hydrogens (tertiary/aromatic N) is 3. The molecule has 162 valence electrons. The highest BCUT2D eigenvalue weighted by molar-refractivity contribution is 7.80. The molecule has 0 atom stereocenters. The van der Waals surface area contributed by atoms with Gasteiger partial charge in [-0.25, -0.2) is 0 Å². The molecule has 1 aromatic carbocycles. The zero-order valence-electron chi connectivity index (χ0n) is 18.0. The van der Waals surface area contributed by atoms with Crippen LogP contribution < -0.4 is 15.0 Å². The largest absolute Gasteiger partial charge is 0.494 e. The highest BCUT2D eigenvalue weighted by Gasteiger charge is 2.34. The van der Waals surface area contributed by atoms with E-state index in [2.05, 4.69) is 10.3 Å². The minimum atomic E-state index is -0.520. The number of hydrogen-bond acceptors (Lipinski definition) is 5. The van der Waals surface area contributed by atoms with E-state index in [0.29, 0.717) is 18.0 Å². The Balaban J connectivity index is 1.71. The summed E-state index contributed by atoms with van der Waals surface area (Å²) in [5.41, 5.74) is 4.09. The zero-order valence-corrected chi connectivity index (χ0v) is 18.8. The summed E-state index contributed by atoms with van der Waals surface area (Å²) >= 11 is 5.28. The van der Waals surface area contributed by atoms with Crippen LogP contribution >= 0.6 is 12.2 Å². The van der Waals surface area contributed by atoms with Gasteiger partial charge in [-0.15, -0.1) is 0 Å². The van der Waals surface area contributed by atoms with Gasteiger partial charge in [-0.1, -0.05) is 0 Å². The number of carbonyl (C=O) groups excluding carboxylic acids is 2. The van der Waals surface area contributed by atoms with Gasteiger partial charge in [-0.3, -0.25) is 24.8 Å². The van der Waals surface area contributed by atoms with Crippen molar-refractivity contribution in [3.8, 4) is 11.4 Å². The van der Waals surface area contributed by atoms with Crippen molar-refractivity contribution in [1.29, 1.82) is 0 Å². The summed E-state index contributed by atoms with van der Waals surface area (Å²) in [6.45, 7) is 6.34. The van der Waals surface area contributed by atoms with E-state index in [0.717, 1.165) is 22.6 Å². The molecule has 1 saturated heterocycles. The van der Waals surface area contributed by atoms with E-state index in [4.69, 9.17) is 17.0 Å². The number of hydrogen-bond donors (Lipinski definition) is 1. The molecule has 8 heteroatoms. The van der Waals surface area contributed by atoms with Gasteiger partial charge in [0.15, 0.2) is 5.11 Å². The predicted molar refractivity (Wildman–Crippen MR) is 127 cm³/mol. The molecule has 0 aliphatic carbocycles. The molecule has 0 saturated carbocycles. The lowest BCUT2D eigenvalue weighted by Crippen LogP contribution is -2.54. The number of benzene rings is 1. The molecular weight excluding hydrogens is 424 g/mol. The lowest BCUT2D eigenvalue weighted by molar-refractivity contribution is -0.122. The van der Waals surface area contributed by atoms with E-state index in [1.54, 1.807) is 42.7 Å². The SMILES string of the molecule is CCOc1ccc(N2C(=O)C(=Cc3cc(C)n(-c4cccnc4)c3C)C(=O)NC2=S)cc1. The Labute approximate surface area is 191 Å². The molecule has 1 aliphatic heterocycles. The van der Waals surface area contributed by atoms with Crippen molar-refractivity contribution >= 4 is 40.9 Å². The van der Waals surface area contributed by atoms with Crippen LogP contribution in [0.2, 0.25) is 0 Å². The smallest absolute Gasteiger partial charge is 0.270 e. The average molecular weight is 447 g/mol. The minimum Gasteiger partial charge on any atom is -0.494 e. The summed E-state index contributed by atoms with van der Waals surface area (Å²) in [6.07, 6.45) is 5.08. The van der Waals surface area contributed by atoms with Crippen molar-refractivity contribution in [1.82, 2.24) is 14.9 Å². The Bertz CT molecular complexity index is 1230. The molecular formula is C24H22N4O3S. The molecule has 0 spiro atoms. The number of aromatic nitrogens is 2. The Morgan fingerprint density at radius 1 is 1.12 bits per heavy atom. The number of aryl methyl sites for hydroxylation is 1. The maximum atomic E-state index is 13.3. The molecule has 2 aromatic heterocycles. The number of rotatable bonds is 5. The predicted octanol–water partition coefficient (Wildman–Crippen LogP) is 3.72. The van der Waals surface area contributed by atoms with Crippen molar-refractivity contribution in [2.45, 2.75) is 20.8 Å². The van der Waals surface area contributed by atoms with Gasteiger partial charge in [0, 0.05) is 17.6 Å². The Morgan fingerprint density at radius 3 is 2.53 bits per heavy atom. The first-order chi connectivity index (χ1) is 15.4. The van der Waals surface area contributed by atoms with E-state index in [1.807, 2.05) is 43.5 Å². The third-order valence-corrected chi connectivity index (χ3v) is 5.47. The number of thiocarbonyl (C=S) groups is 1. The molecule has 3 aromatic rings. The molecule has 3 heterocycles. The quantitative estimate of drug-likeness (QED) is 0.367. The van der Waals surface area contributed by atoms with Crippen LogP contribution in [0.25, 0.3) is 11.8 Å². The second kappa shape index (κ2) is 8.76. The zero-order chi connectivity index (χ0) is 22.8. The number of pyridine rings is 1. The van der Waals surface area contributed by atoms with Crippen LogP contribution in [0.15, 0.2) is 60.4 Å². The first kappa shape index (κ1) is 21.5. The van der Waals surface area contributed by atoms with Crippen LogP contribution in [0.3, 0.4) is 0 Å². The summed E-state index contributed by atoms with van der Waals surface area (Å²) in [5.74, 6) is -0.309. The molecule has 7 nitrogen and oxygen atoms in total. The topological polar surface area (TPSA) is 76.5 Å². The van der Waals surface area contributed by atoms with Gasteiger partial charge in [-0.05, 0) is 87.1 Å². The number of amides is 2. The van der Waals surface area contributed by atoms with Gasteiger partial charge in [0.1, 0.15) is 11.3 Å². The summed E-state index contributed by atoms with van der Waals surface area (Å²) < 4.78 is 7.49. The van der Waals surface area contributed by atoms with Gasteiger partial charge in [0.25, 0.3) is 11.8 Å². The monoisotopic (exact) mass is 446 g/mol. The van der Waals surface area contributed by atoms with Crippen molar-refractivity contribution in [3.05, 3.63) is 77.4 Å². The Kier molecular flexibility index (Phi) is 5.87. The van der Waals surface area contributed by atoms with E-state index >= 15 is 0 Å². The van der Waals surface area contributed by atoms with Crippen LogP contribution in [-0.2, 0) is 9.59 Å². The lowest BCUT2D eigenvalue weighted by atomic mass is 10.1. The van der Waals surface area contributed by atoms with Gasteiger partial charge in [0.2, 0.25) is 0 Å². The first-order valence-electron chi connectivity index (χ1n) is 10.1. The summed E-state index contributed by atoms with van der Waals surface area (Å²) in [5, 5.41) is 2.67. The highest BCUT2D eigenvalue weighted by Crippen LogP contribution is 2.27. The number of nitrogens with one attached hydrogen (secondary N) is 1. The third-order valence-electron chi connectivity index (χ3n) is 5.18. The molecule has 0 unspecified atom stereocenters. The third kappa shape index (κ3) is 3.92. The van der Waals surface area contributed by atoms with Gasteiger partial charge in [-0.2, -0.15) is 0 Å². The average Bonchev–Trinajstić information content (AvgIpc) is 3.06. The van der Waals surface area contributed by atoms with Crippen LogP contribution in [0, 0.1) is 13.8 Å². The van der Waals surface area contributed by atoms with E-state index in [1.165, 1.54) is 4.90 Å². The van der Waals surface area contributed by atoms with E-state index in [9.17, 15) is 9.59 Å². The number of carbonyl (C=O) groups is 2. The maximum Gasteiger partial charge on any atom is 0.270 e. The summed E-state index contributed by atoms with van der Waals surface area (Å²) in [4.78, 5) is 31.4. The molecule has 0 bridgehead atoms. The molecule has 0 radical (unpaired) electrons. The van der Waals surface area contributed by atoms with Crippen LogP contribution in [0.1, 0.15) is 23.9 Å². The van der Waals surface area contributed by atoms with Crippen molar-refractivity contribution < 1.29 is 14.3 Å². The molecule has 4 rings (SSSR count). The van der Waals surface area contributed by atoms with Crippen molar-refractivity contribution in [2.75, 3.05) is 11.5 Å². The standard InChI is InChI=1S/C24H22N4O3S/c1-4-31-20-9-7-18(8-10-20)28-23(30)21(22(29)26-24(28)32)13-17-12-15(2)27(16(17)3)19-6-5-11-25-14-19/h5-14H,4H2,1-3H3,(H,26,29,32). The molecule has 1 fully saturated rings. The van der Waals surface area contributed by atoms with Crippen molar-refractivity contribution in [3.63, 3.8) is 0 Å². The van der Waals surface area contributed by atoms with Crippen LogP contribution in [0.5, 0.6) is 5.75 Å². The first-order valence-corrected chi connectivity index (χ1v) is 10.5. The van der Waals surface area contributed by atoms with Gasteiger partial charge in [0.05, 0.1) is 24.2 Å². The molecule has 1 N–H and O–H groups in total. The van der Waals surface area contributed by atoms with Gasteiger partial charge < -0.3 is 9.30 Å². The van der Waals surface area contributed by atoms with Gasteiger partial charge >= 0.3 is 0 Å². The fourth-order valence-corrected chi connectivity index (χ4v) is 4.00. The number of ether oxygens (including phenoxy) is 1. The lowest BCUT2D eigenvalue weighted by Gasteiger charge is -2.29. The minimum absolute atomic E-state index is 0.0129. The van der Waals surface area contributed by atoms with Crippen molar-refractivity contribution in [2.24, 2.45) is 0 Å². The fraction of sp³-hybridized carbons (Fsp3) is 0.167. The Morgan fingerprint density at radius 2 is 1.88 bits per heavy atom. The molecule has 1 aliphatic rings. The number of anilines is 1. The Hall–Kier alpha value is -3.78. The molecule has 32 heavy (non-hydrogen) atoms. The van der Waals surface area contributed by atoms with E-state index in [-0.39, 0.29) is 10.7 Å². The summed E-state index contributed by atoms with van der Waals surface area (Å²) in [6, 6.07) is 12.7. The molecule has 2 amide bonds. The normalized spacial score (nSPS) is 15.3. The second-order valence-electron chi connectivity index (χ2n) is 7.26. The summed E-state index contributed by atoms with van der Waals surface area (Å²) in [7, 11) is 0. The van der Waals surface area contributed by atoms with E-state index < -0.39 is 11.8 Å². The maximum absolute atomic E-state index is 13.3. The van der Waals surface area contributed by atoms with Crippen LogP contribution in [0.4, 0.5) is 5.69 Å². The second-order valence-corrected chi connectivity index (χ2v) is 7.64.